The Balaban J connectivity index is 2.03. The van der Waals surface area contributed by atoms with Crippen molar-refractivity contribution in [3.05, 3.63) is 35.4 Å². The number of aliphatic hydroxyl groups is 2. The summed E-state index contributed by atoms with van der Waals surface area (Å²) in [6.07, 6.45) is -1.79. The smallest absolute Gasteiger partial charge is 0.171 e. The fourth-order valence-electron chi connectivity index (χ4n) is 2.83. The van der Waals surface area contributed by atoms with Crippen molar-refractivity contribution >= 4 is 11.8 Å². The molecule has 3 rings (SSSR count). The number of thioether (sulfide) groups is 1. The van der Waals surface area contributed by atoms with E-state index in [0.29, 0.717) is 16.0 Å². The van der Waals surface area contributed by atoms with Crippen LogP contribution >= 0.6 is 11.8 Å². The molecule has 1 aliphatic rings. The van der Waals surface area contributed by atoms with Crippen molar-refractivity contribution in [1.29, 1.82) is 0 Å². The molecule has 134 valence electrons. The fourth-order valence-corrected chi connectivity index (χ4v) is 3.72. The Labute approximate surface area is 147 Å². The van der Waals surface area contributed by atoms with Crippen LogP contribution in [0.5, 0.6) is 28.7 Å². The van der Waals surface area contributed by atoms with Gasteiger partial charge in [0.05, 0.1) is 17.6 Å². The zero-order valence-corrected chi connectivity index (χ0v) is 13.9. The Morgan fingerprint density at radius 1 is 1.08 bits per heavy atom. The van der Waals surface area contributed by atoms with E-state index in [9.17, 15) is 25.5 Å². The Kier molecular flexibility index (Phi) is 4.85. The minimum absolute atomic E-state index is 0.0951. The van der Waals surface area contributed by atoms with Crippen LogP contribution in [0.1, 0.15) is 17.2 Å². The highest BCUT2D eigenvalue weighted by molar-refractivity contribution is 7.99. The molecule has 0 saturated heterocycles. The number of hydrogen-bond acceptors (Lipinski definition) is 8. The minimum atomic E-state index is -1.01. The van der Waals surface area contributed by atoms with Crippen molar-refractivity contribution in [2.75, 3.05) is 12.4 Å². The van der Waals surface area contributed by atoms with Gasteiger partial charge in [0.25, 0.3) is 0 Å². The van der Waals surface area contributed by atoms with Crippen molar-refractivity contribution in [3.63, 3.8) is 0 Å². The van der Waals surface area contributed by atoms with Crippen LogP contribution in [-0.4, -0.2) is 49.1 Å². The van der Waals surface area contributed by atoms with Gasteiger partial charge in [0.15, 0.2) is 17.6 Å². The molecule has 8 heteroatoms. The fraction of sp³-hybridized carbons (Fsp3) is 0.294. The van der Waals surface area contributed by atoms with E-state index in [-0.39, 0.29) is 47.5 Å². The molecule has 2 atom stereocenters. The summed E-state index contributed by atoms with van der Waals surface area (Å²) < 4.78 is 5.77. The molecular formula is C17H18O7S. The molecule has 0 aliphatic carbocycles. The Morgan fingerprint density at radius 3 is 2.56 bits per heavy atom. The first-order valence-electron chi connectivity index (χ1n) is 7.60. The Morgan fingerprint density at radius 2 is 1.84 bits per heavy atom. The minimum Gasteiger partial charge on any atom is -0.508 e. The van der Waals surface area contributed by atoms with Crippen molar-refractivity contribution < 1.29 is 35.4 Å². The molecule has 0 saturated carbocycles. The highest BCUT2D eigenvalue weighted by Crippen LogP contribution is 2.46. The van der Waals surface area contributed by atoms with Crippen LogP contribution in [0, 0.1) is 0 Å². The van der Waals surface area contributed by atoms with Gasteiger partial charge in [-0.15, -0.1) is 11.8 Å². The van der Waals surface area contributed by atoms with Crippen molar-refractivity contribution in [2.24, 2.45) is 0 Å². The Bertz CT molecular complexity index is 793. The summed E-state index contributed by atoms with van der Waals surface area (Å²) in [6.45, 7) is -0.127. The molecule has 7 nitrogen and oxygen atoms in total. The zero-order chi connectivity index (χ0) is 18.1. The lowest BCUT2D eigenvalue weighted by Gasteiger charge is -2.32. The number of rotatable bonds is 4. The van der Waals surface area contributed by atoms with Gasteiger partial charge in [0.2, 0.25) is 0 Å². The molecule has 0 bridgehead atoms. The summed E-state index contributed by atoms with van der Waals surface area (Å²) in [6, 6.07) is 5.33. The molecule has 6 N–H and O–H groups in total. The van der Waals surface area contributed by atoms with Gasteiger partial charge in [-0.25, -0.2) is 0 Å². The number of aromatic hydroxyl groups is 4. The highest BCUT2D eigenvalue weighted by Gasteiger charge is 2.34. The first kappa shape index (κ1) is 17.5. The number of benzene rings is 2. The molecule has 0 radical (unpaired) electrons. The maximum atomic E-state index is 10.5. The molecule has 1 heterocycles. The van der Waals surface area contributed by atoms with Gasteiger partial charge in [-0.1, -0.05) is 6.07 Å². The first-order chi connectivity index (χ1) is 11.9. The SMILES string of the molecule is OCCSc1c([C@H]2Oc3cc(O)cc(O)c3C[C@H]2O)ccc(O)c1O. The molecule has 0 spiro atoms. The van der Waals surface area contributed by atoms with E-state index in [2.05, 4.69) is 0 Å². The summed E-state index contributed by atoms with van der Waals surface area (Å²) in [5, 5.41) is 58.9. The van der Waals surface area contributed by atoms with E-state index in [1.165, 1.54) is 24.3 Å². The number of phenols is 4. The van der Waals surface area contributed by atoms with Crippen molar-refractivity contribution in [2.45, 2.75) is 23.5 Å². The van der Waals surface area contributed by atoms with Crippen LogP contribution in [0.25, 0.3) is 0 Å². The monoisotopic (exact) mass is 366 g/mol. The van der Waals surface area contributed by atoms with E-state index < -0.39 is 12.2 Å². The number of phenolic OH excluding ortho intramolecular Hbond substituents is 4. The van der Waals surface area contributed by atoms with Crippen LogP contribution in [0.4, 0.5) is 0 Å². The van der Waals surface area contributed by atoms with E-state index >= 15 is 0 Å². The standard InChI is InChI=1S/C17H18O7S/c18-3-4-25-17-9(1-2-11(20)15(17)23)16-13(22)7-10-12(21)5-8(19)6-14(10)24-16/h1-2,5-6,13,16,18-23H,3-4,7H2/t13-,16-/m1/s1. The molecule has 0 fully saturated rings. The molecule has 1 aliphatic heterocycles. The van der Waals surface area contributed by atoms with Crippen LogP contribution < -0.4 is 4.74 Å². The second-order valence-electron chi connectivity index (χ2n) is 5.68. The average molecular weight is 366 g/mol. The predicted octanol–water partition coefficient (Wildman–Crippen LogP) is 1.63. The van der Waals surface area contributed by atoms with Crippen molar-refractivity contribution in [3.8, 4) is 28.7 Å². The molecule has 2 aromatic carbocycles. The average Bonchev–Trinajstić information content (AvgIpc) is 2.56. The summed E-state index contributed by atoms with van der Waals surface area (Å²) in [5.74, 6) is -0.490. The van der Waals surface area contributed by atoms with E-state index in [0.717, 1.165) is 11.8 Å². The predicted molar refractivity (Wildman–Crippen MR) is 90.4 cm³/mol. The lowest BCUT2D eigenvalue weighted by molar-refractivity contribution is 0.0181. The molecule has 0 amide bonds. The molecule has 25 heavy (non-hydrogen) atoms. The van der Waals surface area contributed by atoms with Gasteiger partial charge in [-0.05, 0) is 6.07 Å². The van der Waals surface area contributed by atoms with E-state index in [1.807, 2.05) is 0 Å². The third-order valence-corrected chi connectivity index (χ3v) is 5.08. The normalized spacial score (nSPS) is 19.3. The summed E-state index contributed by atoms with van der Waals surface area (Å²) in [4.78, 5) is 0.297. The number of hydrogen-bond donors (Lipinski definition) is 6. The van der Waals surface area contributed by atoms with Crippen LogP contribution in [-0.2, 0) is 6.42 Å². The van der Waals surface area contributed by atoms with Gasteiger partial charge >= 0.3 is 0 Å². The van der Waals surface area contributed by atoms with Gasteiger partial charge < -0.3 is 35.4 Å². The number of aliphatic hydroxyl groups excluding tert-OH is 2. The summed E-state index contributed by atoms with van der Waals surface area (Å²) in [5.41, 5.74) is 0.823. The van der Waals surface area contributed by atoms with Crippen LogP contribution in [0.15, 0.2) is 29.2 Å². The Hall–Kier alpha value is -2.29. The largest absolute Gasteiger partial charge is 0.508 e. The molecule has 0 unspecified atom stereocenters. The van der Waals surface area contributed by atoms with Gasteiger partial charge in [0, 0.05) is 35.4 Å². The quantitative estimate of drug-likeness (QED) is 0.356. The second kappa shape index (κ2) is 6.91. The molecular weight excluding hydrogens is 348 g/mol. The lowest BCUT2D eigenvalue weighted by Crippen LogP contribution is -2.30. The highest BCUT2D eigenvalue weighted by atomic mass is 32.2. The van der Waals surface area contributed by atoms with Crippen LogP contribution in [0.2, 0.25) is 0 Å². The van der Waals surface area contributed by atoms with Crippen molar-refractivity contribution in [1.82, 2.24) is 0 Å². The number of fused-ring (bicyclic) bond motifs is 1. The first-order valence-corrected chi connectivity index (χ1v) is 8.59. The molecule has 0 aromatic heterocycles. The summed E-state index contributed by atoms with van der Waals surface area (Å²) in [7, 11) is 0. The third-order valence-electron chi connectivity index (χ3n) is 3.97. The van der Waals surface area contributed by atoms with Crippen LogP contribution in [0.3, 0.4) is 0 Å². The van der Waals surface area contributed by atoms with Gasteiger partial charge in [-0.3, -0.25) is 0 Å². The second-order valence-corrected chi connectivity index (χ2v) is 6.78. The topological polar surface area (TPSA) is 131 Å². The van der Waals surface area contributed by atoms with Gasteiger partial charge in [0.1, 0.15) is 17.2 Å². The third kappa shape index (κ3) is 3.28. The summed E-state index contributed by atoms with van der Waals surface area (Å²) >= 11 is 1.12. The lowest BCUT2D eigenvalue weighted by atomic mass is 9.93. The number of ether oxygens (including phenoxy) is 1. The maximum absolute atomic E-state index is 10.5. The molecule has 2 aromatic rings. The van der Waals surface area contributed by atoms with E-state index in [1.54, 1.807) is 0 Å². The van der Waals surface area contributed by atoms with Gasteiger partial charge in [-0.2, -0.15) is 0 Å². The zero-order valence-electron chi connectivity index (χ0n) is 13.1. The maximum Gasteiger partial charge on any atom is 0.171 e. The van der Waals surface area contributed by atoms with E-state index in [4.69, 9.17) is 9.84 Å².